The van der Waals surface area contributed by atoms with Crippen molar-refractivity contribution in [3.63, 3.8) is 0 Å². The Morgan fingerprint density at radius 1 is 1.77 bits per heavy atom. The maximum absolute atomic E-state index is 10.4. The molecule has 0 bridgehead atoms. The minimum absolute atomic E-state index is 0.118. The number of aromatic nitrogens is 2. The Balaban J connectivity index is 2.90. The SMILES string of the molecule is CC(C)Cn1nc([N+](=O)[O-])cc1Br. The van der Waals surface area contributed by atoms with E-state index in [-0.39, 0.29) is 5.82 Å². The number of hydrogen-bond acceptors (Lipinski definition) is 3. The number of hydrogen-bond donors (Lipinski definition) is 0. The van der Waals surface area contributed by atoms with E-state index in [1.165, 1.54) is 6.07 Å². The van der Waals surface area contributed by atoms with Crippen LogP contribution in [0.15, 0.2) is 10.7 Å². The second-order valence-corrected chi connectivity index (χ2v) is 3.97. The molecule has 6 heteroatoms. The summed E-state index contributed by atoms with van der Waals surface area (Å²) in [6.07, 6.45) is 0. The van der Waals surface area contributed by atoms with Gasteiger partial charge in [0, 0.05) is 0 Å². The molecule has 0 aliphatic carbocycles. The summed E-state index contributed by atoms with van der Waals surface area (Å²) in [7, 11) is 0. The van der Waals surface area contributed by atoms with Crippen molar-refractivity contribution >= 4 is 21.7 Å². The molecule has 0 saturated carbocycles. The van der Waals surface area contributed by atoms with Crippen LogP contribution in [0.4, 0.5) is 5.82 Å². The van der Waals surface area contributed by atoms with Gasteiger partial charge in [0.2, 0.25) is 0 Å². The monoisotopic (exact) mass is 247 g/mol. The summed E-state index contributed by atoms with van der Waals surface area (Å²) >= 11 is 3.21. The van der Waals surface area contributed by atoms with Crippen LogP contribution in [0, 0.1) is 16.0 Å². The van der Waals surface area contributed by atoms with Crippen LogP contribution >= 0.6 is 15.9 Å². The largest absolute Gasteiger partial charge is 0.391 e. The summed E-state index contributed by atoms with van der Waals surface area (Å²) < 4.78 is 2.23. The molecule has 0 radical (unpaired) electrons. The van der Waals surface area contributed by atoms with Crippen LogP contribution in [-0.4, -0.2) is 14.7 Å². The zero-order valence-electron chi connectivity index (χ0n) is 7.40. The summed E-state index contributed by atoms with van der Waals surface area (Å²) in [5, 5.41) is 14.2. The van der Waals surface area contributed by atoms with Crippen molar-refractivity contribution in [2.75, 3.05) is 0 Å². The maximum atomic E-state index is 10.4. The van der Waals surface area contributed by atoms with Crippen LogP contribution in [0.3, 0.4) is 0 Å². The van der Waals surface area contributed by atoms with E-state index in [4.69, 9.17) is 0 Å². The quantitative estimate of drug-likeness (QED) is 0.608. The molecule has 0 saturated heterocycles. The van der Waals surface area contributed by atoms with Gasteiger partial charge in [0.15, 0.2) is 0 Å². The van der Waals surface area contributed by atoms with E-state index in [1.54, 1.807) is 4.68 Å². The second-order valence-electron chi connectivity index (χ2n) is 3.16. The molecule has 1 aromatic heterocycles. The summed E-state index contributed by atoms with van der Waals surface area (Å²) in [5.41, 5.74) is 0. The highest BCUT2D eigenvalue weighted by molar-refractivity contribution is 9.10. The number of nitro groups is 1. The zero-order chi connectivity index (χ0) is 10.0. The van der Waals surface area contributed by atoms with Gasteiger partial charge in [-0.1, -0.05) is 13.8 Å². The Hall–Kier alpha value is -0.910. The van der Waals surface area contributed by atoms with Crippen molar-refractivity contribution in [1.82, 2.24) is 9.78 Å². The van der Waals surface area contributed by atoms with Gasteiger partial charge >= 0.3 is 5.82 Å². The van der Waals surface area contributed by atoms with Crippen LogP contribution in [0.25, 0.3) is 0 Å². The molecule has 13 heavy (non-hydrogen) atoms. The number of halogens is 1. The fourth-order valence-corrected chi connectivity index (χ4v) is 1.37. The van der Waals surface area contributed by atoms with Crippen LogP contribution < -0.4 is 0 Å². The Kier molecular flexibility index (Phi) is 3.02. The molecule has 0 aromatic carbocycles. The van der Waals surface area contributed by atoms with Gasteiger partial charge in [-0.2, -0.15) is 4.68 Å². The lowest BCUT2D eigenvalue weighted by atomic mass is 10.2. The first-order valence-electron chi connectivity index (χ1n) is 3.88. The molecule has 0 aliphatic heterocycles. The van der Waals surface area contributed by atoms with Crippen LogP contribution in [0.1, 0.15) is 13.8 Å². The van der Waals surface area contributed by atoms with Crippen molar-refractivity contribution in [2.24, 2.45) is 5.92 Å². The third-order valence-electron chi connectivity index (χ3n) is 1.44. The number of rotatable bonds is 3. The first kappa shape index (κ1) is 10.2. The molecule has 1 heterocycles. The lowest BCUT2D eigenvalue weighted by Gasteiger charge is -2.00. The highest BCUT2D eigenvalue weighted by atomic mass is 79.9. The predicted molar refractivity (Wildman–Crippen MR) is 51.4 cm³/mol. The predicted octanol–water partition coefficient (Wildman–Crippen LogP) is 2.21. The Labute approximate surface area is 84.0 Å². The Morgan fingerprint density at radius 3 is 2.77 bits per heavy atom. The lowest BCUT2D eigenvalue weighted by molar-refractivity contribution is -0.389. The average Bonchev–Trinajstić information content (AvgIpc) is 2.31. The van der Waals surface area contributed by atoms with Gasteiger partial charge in [-0.05, 0) is 26.8 Å². The highest BCUT2D eigenvalue weighted by Gasteiger charge is 2.16. The molecular formula is C7H10BrN3O2. The molecule has 5 nitrogen and oxygen atoms in total. The molecule has 0 atom stereocenters. The topological polar surface area (TPSA) is 61.0 Å². The van der Waals surface area contributed by atoms with Crippen LogP contribution in [-0.2, 0) is 6.54 Å². The maximum Gasteiger partial charge on any atom is 0.391 e. The molecule has 1 aromatic rings. The number of nitrogens with zero attached hydrogens (tertiary/aromatic N) is 3. The highest BCUT2D eigenvalue weighted by Crippen LogP contribution is 2.18. The fourth-order valence-electron chi connectivity index (χ4n) is 0.944. The van der Waals surface area contributed by atoms with Gasteiger partial charge in [0.25, 0.3) is 0 Å². The zero-order valence-corrected chi connectivity index (χ0v) is 8.98. The van der Waals surface area contributed by atoms with E-state index < -0.39 is 4.92 Å². The fraction of sp³-hybridized carbons (Fsp3) is 0.571. The summed E-state index contributed by atoms with van der Waals surface area (Å²) in [4.78, 5) is 9.86. The summed E-state index contributed by atoms with van der Waals surface area (Å²) in [6.45, 7) is 4.73. The lowest BCUT2D eigenvalue weighted by Crippen LogP contribution is -2.06. The normalized spacial score (nSPS) is 10.8. The van der Waals surface area contributed by atoms with Crippen LogP contribution in [0.5, 0.6) is 0 Å². The van der Waals surface area contributed by atoms with Crippen molar-refractivity contribution in [1.29, 1.82) is 0 Å². The van der Waals surface area contributed by atoms with E-state index in [2.05, 4.69) is 21.0 Å². The van der Waals surface area contributed by atoms with Gasteiger partial charge in [0.05, 0.1) is 17.7 Å². The Bertz CT molecular complexity index is 322. The summed E-state index contributed by atoms with van der Waals surface area (Å²) in [6, 6.07) is 1.41. The third-order valence-corrected chi connectivity index (χ3v) is 2.08. The minimum Gasteiger partial charge on any atom is -0.358 e. The van der Waals surface area contributed by atoms with Crippen molar-refractivity contribution in [3.05, 3.63) is 20.8 Å². The average molecular weight is 248 g/mol. The smallest absolute Gasteiger partial charge is 0.358 e. The molecule has 0 amide bonds. The van der Waals surface area contributed by atoms with Crippen molar-refractivity contribution in [3.8, 4) is 0 Å². The van der Waals surface area contributed by atoms with E-state index in [0.717, 1.165) is 0 Å². The first-order valence-corrected chi connectivity index (χ1v) is 4.67. The molecule has 72 valence electrons. The van der Waals surface area contributed by atoms with E-state index in [0.29, 0.717) is 17.1 Å². The van der Waals surface area contributed by atoms with Gasteiger partial charge in [-0.15, -0.1) is 0 Å². The molecule has 0 N–H and O–H groups in total. The third kappa shape index (κ3) is 2.51. The van der Waals surface area contributed by atoms with Gasteiger partial charge in [-0.3, -0.25) is 0 Å². The minimum atomic E-state index is -0.498. The molecule has 0 spiro atoms. The van der Waals surface area contributed by atoms with E-state index >= 15 is 0 Å². The Morgan fingerprint density at radius 2 is 2.38 bits per heavy atom. The molecular weight excluding hydrogens is 238 g/mol. The van der Waals surface area contributed by atoms with Crippen molar-refractivity contribution in [2.45, 2.75) is 20.4 Å². The van der Waals surface area contributed by atoms with Crippen LogP contribution in [0.2, 0.25) is 0 Å². The molecule has 1 rings (SSSR count). The first-order chi connectivity index (χ1) is 6.00. The molecule has 0 aliphatic rings. The molecule has 0 fully saturated rings. The van der Waals surface area contributed by atoms with Gasteiger partial charge in [-0.25, -0.2) is 0 Å². The van der Waals surface area contributed by atoms with Gasteiger partial charge in [0.1, 0.15) is 4.60 Å². The summed E-state index contributed by atoms with van der Waals surface area (Å²) in [5.74, 6) is 0.295. The van der Waals surface area contributed by atoms with Gasteiger partial charge < -0.3 is 10.1 Å². The second kappa shape index (κ2) is 3.87. The van der Waals surface area contributed by atoms with E-state index in [1.807, 2.05) is 13.8 Å². The van der Waals surface area contributed by atoms with Crippen molar-refractivity contribution < 1.29 is 4.92 Å². The van der Waals surface area contributed by atoms with E-state index in [9.17, 15) is 10.1 Å². The standard InChI is InChI=1S/C7H10BrN3O2/c1-5(2)4-10-6(8)3-7(9-10)11(12)13/h3,5H,4H2,1-2H3. The molecule has 0 unspecified atom stereocenters.